The molecule has 0 spiro atoms. The maximum atomic E-state index is 8.96. The van der Waals surface area contributed by atoms with Crippen LogP contribution in [0.1, 0.15) is 33.6 Å². The molecule has 3 nitrogen and oxygen atoms in total. The summed E-state index contributed by atoms with van der Waals surface area (Å²) in [6, 6.07) is 0. The van der Waals surface area contributed by atoms with Gasteiger partial charge in [0.2, 0.25) is 0 Å². The van der Waals surface area contributed by atoms with E-state index in [-0.39, 0.29) is 18.8 Å². The highest BCUT2D eigenvalue weighted by Gasteiger charge is 2.33. The van der Waals surface area contributed by atoms with Gasteiger partial charge in [-0.2, -0.15) is 0 Å². The second kappa shape index (κ2) is 3.73. The van der Waals surface area contributed by atoms with E-state index in [1.807, 2.05) is 13.8 Å². The van der Waals surface area contributed by atoms with Crippen LogP contribution in [0, 0.1) is 0 Å². The molecule has 0 radical (unpaired) electrons. The highest BCUT2D eigenvalue weighted by atomic mass is 16.7. The molecule has 0 saturated carbocycles. The van der Waals surface area contributed by atoms with E-state index in [2.05, 4.69) is 6.92 Å². The third kappa shape index (κ3) is 2.44. The van der Waals surface area contributed by atoms with Crippen molar-refractivity contribution in [2.75, 3.05) is 6.61 Å². The quantitative estimate of drug-likeness (QED) is 0.685. The summed E-state index contributed by atoms with van der Waals surface area (Å²) in [5.74, 6) is -0.535. The summed E-state index contributed by atoms with van der Waals surface area (Å²) in [6.07, 6.45) is 1.95. The Balaban J connectivity index is 2.53. The third-order valence-electron chi connectivity index (χ3n) is 2.09. The zero-order chi connectivity index (χ0) is 9.19. The summed E-state index contributed by atoms with van der Waals surface area (Å²) in [4.78, 5) is 0. The highest BCUT2D eigenvalue weighted by molar-refractivity contribution is 4.74. The molecule has 1 aliphatic heterocycles. The van der Waals surface area contributed by atoms with Crippen molar-refractivity contribution in [3.8, 4) is 0 Å². The van der Waals surface area contributed by atoms with Crippen LogP contribution in [0.4, 0.5) is 0 Å². The lowest BCUT2D eigenvalue weighted by molar-refractivity contribution is -0.303. The summed E-state index contributed by atoms with van der Waals surface area (Å²) in [6.45, 7) is 5.94. The van der Waals surface area contributed by atoms with Crippen molar-refractivity contribution < 1.29 is 14.6 Å². The van der Waals surface area contributed by atoms with Gasteiger partial charge in [-0.25, -0.2) is 0 Å². The van der Waals surface area contributed by atoms with Gasteiger partial charge in [0.1, 0.15) is 0 Å². The first-order chi connectivity index (χ1) is 5.57. The Hall–Kier alpha value is -0.120. The van der Waals surface area contributed by atoms with E-state index in [0.717, 1.165) is 12.8 Å². The average Bonchev–Trinajstić information content (AvgIpc) is 2.01. The fourth-order valence-electron chi connectivity index (χ4n) is 1.58. The predicted octanol–water partition coefficient (Wildman–Crippen LogP) is 1.30. The van der Waals surface area contributed by atoms with Crippen molar-refractivity contribution in [1.29, 1.82) is 0 Å². The monoisotopic (exact) mass is 174 g/mol. The second-order valence-electron chi connectivity index (χ2n) is 3.71. The molecule has 0 aromatic heterocycles. The van der Waals surface area contributed by atoms with Crippen LogP contribution in [0.3, 0.4) is 0 Å². The van der Waals surface area contributed by atoms with Crippen molar-refractivity contribution in [3.63, 3.8) is 0 Å². The number of aliphatic hydroxyl groups excluding tert-OH is 1. The summed E-state index contributed by atoms with van der Waals surface area (Å²) in [5.41, 5.74) is 0. The maximum absolute atomic E-state index is 8.96. The molecule has 1 N–H and O–H groups in total. The van der Waals surface area contributed by atoms with Crippen LogP contribution in [0.2, 0.25) is 0 Å². The molecule has 0 unspecified atom stereocenters. The van der Waals surface area contributed by atoms with Gasteiger partial charge in [-0.1, -0.05) is 6.92 Å². The van der Waals surface area contributed by atoms with E-state index in [1.165, 1.54) is 0 Å². The van der Waals surface area contributed by atoms with Crippen molar-refractivity contribution >= 4 is 0 Å². The van der Waals surface area contributed by atoms with E-state index in [4.69, 9.17) is 14.6 Å². The van der Waals surface area contributed by atoms with E-state index >= 15 is 0 Å². The molecular weight excluding hydrogens is 156 g/mol. The minimum Gasteiger partial charge on any atom is -0.394 e. The van der Waals surface area contributed by atoms with E-state index < -0.39 is 5.79 Å². The molecule has 72 valence electrons. The van der Waals surface area contributed by atoms with E-state index in [9.17, 15) is 0 Å². The number of rotatable bonds is 2. The smallest absolute Gasteiger partial charge is 0.163 e. The minimum atomic E-state index is -0.535. The van der Waals surface area contributed by atoms with Gasteiger partial charge in [0.05, 0.1) is 18.8 Å². The molecule has 1 heterocycles. The molecule has 0 aromatic rings. The summed E-state index contributed by atoms with van der Waals surface area (Å²) < 4.78 is 11.1. The predicted molar refractivity (Wildman–Crippen MR) is 45.8 cm³/mol. The Labute approximate surface area is 73.7 Å². The fraction of sp³-hybridized carbons (Fsp3) is 1.00. The molecule has 1 saturated heterocycles. The van der Waals surface area contributed by atoms with Gasteiger partial charge < -0.3 is 14.6 Å². The molecule has 3 heteroatoms. The van der Waals surface area contributed by atoms with Crippen LogP contribution < -0.4 is 0 Å². The van der Waals surface area contributed by atoms with Gasteiger partial charge in [0.25, 0.3) is 0 Å². The first kappa shape index (κ1) is 9.96. The maximum Gasteiger partial charge on any atom is 0.163 e. The zero-order valence-electron chi connectivity index (χ0n) is 8.04. The Morgan fingerprint density at radius 3 is 2.42 bits per heavy atom. The minimum absolute atomic E-state index is 0.0568. The first-order valence-electron chi connectivity index (χ1n) is 4.54. The molecular formula is C9H18O3. The largest absolute Gasteiger partial charge is 0.394 e. The lowest BCUT2D eigenvalue weighted by atomic mass is 10.1. The van der Waals surface area contributed by atoms with Gasteiger partial charge in [0, 0.05) is 6.42 Å². The van der Waals surface area contributed by atoms with Crippen molar-refractivity contribution in [1.82, 2.24) is 0 Å². The lowest BCUT2D eigenvalue weighted by Gasteiger charge is -2.39. The van der Waals surface area contributed by atoms with Gasteiger partial charge >= 0.3 is 0 Å². The Bertz CT molecular complexity index is 131. The van der Waals surface area contributed by atoms with E-state index in [1.54, 1.807) is 0 Å². The number of aliphatic hydroxyl groups is 1. The topological polar surface area (TPSA) is 38.7 Å². The van der Waals surface area contributed by atoms with Crippen LogP contribution in [0.15, 0.2) is 0 Å². The average molecular weight is 174 g/mol. The van der Waals surface area contributed by atoms with Crippen LogP contribution in [0.25, 0.3) is 0 Å². The first-order valence-corrected chi connectivity index (χ1v) is 4.54. The van der Waals surface area contributed by atoms with Gasteiger partial charge in [-0.3, -0.25) is 0 Å². The number of hydrogen-bond donors (Lipinski definition) is 1. The van der Waals surface area contributed by atoms with Crippen molar-refractivity contribution in [3.05, 3.63) is 0 Å². The summed E-state index contributed by atoms with van der Waals surface area (Å²) >= 11 is 0. The standard InChI is InChI=1S/C9H18O3/c1-4-7-5-8(6-10)12-9(2,3)11-7/h7-8,10H,4-6H2,1-3H3/t7-,8-/m1/s1. The molecule has 0 bridgehead atoms. The SMILES string of the molecule is CC[C@@H]1C[C@H](CO)OC(C)(C)O1. The third-order valence-corrected chi connectivity index (χ3v) is 2.09. The molecule has 1 aliphatic rings. The van der Waals surface area contributed by atoms with Crippen LogP contribution >= 0.6 is 0 Å². The number of hydrogen-bond acceptors (Lipinski definition) is 3. The molecule has 1 rings (SSSR count). The van der Waals surface area contributed by atoms with E-state index in [0.29, 0.717) is 0 Å². The lowest BCUT2D eigenvalue weighted by Crippen LogP contribution is -2.45. The molecule has 0 amide bonds. The Morgan fingerprint density at radius 2 is 1.92 bits per heavy atom. The Morgan fingerprint density at radius 1 is 1.33 bits per heavy atom. The van der Waals surface area contributed by atoms with Crippen LogP contribution in [-0.2, 0) is 9.47 Å². The van der Waals surface area contributed by atoms with Crippen molar-refractivity contribution in [2.24, 2.45) is 0 Å². The van der Waals surface area contributed by atoms with Crippen molar-refractivity contribution in [2.45, 2.75) is 51.6 Å². The zero-order valence-corrected chi connectivity index (χ0v) is 8.04. The van der Waals surface area contributed by atoms with Crippen LogP contribution in [0.5, 0.6) is 0 Å². The van der Waals surface area contributed by atoms with Gasteiger partial charge in [-0.05, 0) is 20.3 Å². The fourth-order valence-corrected chi connectivity index (χ4v) is 1.58. The van der Waals surface area contributed by atoms with Crippen LogP contribution in [-0.4, -0.2) is 29.7 Å². The molecule has 1 fully saturated rings. The summed E-state index contributed by atoms with van der Waals surface area (Å²) in [5, 5.41) is 8.96. The molecule has 0 aliphatic carbocycles. The number of ether oxygens (including phenoxy) is 2. The van der Waals surface area contributed by atoms with Gasteiger partial charge in [0.15, 0.2) is 5.79 Å². The second-order valence-corrected chi connectivity index (χ2v) is 3.71. The molecule has 0 aromatic carbocycles. The normalized spacial score (nSPS) is 35.0. The summed E-state index contributed by atoms with van der Waals surface area (Å²) in [7, 11) is 0. The Kier molecular flexibility index (Phi) is 3.09. The molecule has 12 heavy (non-hydrogen) atoms. The molecule has 2 atom stereocenters. The highest BCUT2D eigenvalue weighted by Crippen LogP contribution is 2.27. The van der Waals surface area contributed by atoms with Gasteiger partial charge in [-0.15, -0.1) is 0 Å².